The molecule has 1 amide bonds. The number of benzene rings is 2. The third kappa shape index (κ3) is 6.02. The molecule has 0 aromatic heterocycles. The highest BCUT2D eigenvalue weighted by atomic mass is 35.5. The summed E-state index contributed by atoms with van der Waals surface area (Å²) >= 11 is 6.04. The highest BCUT2D eigenvalue weighted by molar-refractivity contribution is 7.89. The van der Waals surface area contributed by atoms with Crippen molar-refractivity contribution < 1.29 is 37.3 Å². The number of fused-ring (bicyclic) bond motifs is 2. The molecule has 3 heterocycles. The lowest BCUT2D eigenvalue weighted by Gasteiger charge is -2.43. The van der Waals surface area contributed by atoms with E-state index in [-0.39, 0.29) is 49.9 Å². The van der Waals surface area contributed by atoms with Gasteiger partial charge < -0.3 is 29.4 Å². The summed E-state index contributed by atoms with van der Waals surface area (Å²) in [5.41, 5.74) is 0.885. The molecule has 2 N–H and O–H groups in total. The Balaban J connectivity index is 1.23. The summed E-state index contributed by atoms with van der Waals surface area (Å²) in [6, 6.07) is 11.0. The Bertz CT molecular complexity index is 1240. The summed E-state index contributed by atoms with van der Waals surface area (Å²) in [7, 11) is -3.96. The van der Waals surface area contributed by atoms with Gasteiger partial charge in [0.1, 0.15) is 0 Å². The summed E-state index contributed by atoms with van der Waals surface area (Å²) in [5.74, 6) is 1.16. The first-order valence-corrected chi connectivity index (χ1v) is 14.0. The molecular formula is C25H29ClN2O8S. The van der Waals surface area contributed by atoms with Crippen LogP contribution in [0.1, 0.15) is 24.8 Å². The lowest BCUT2D eigenvalue weighted by Crippen LogP contribution is -2.57. The fourth-order valence-corrected chi connectivity index (χ4v) is 6.88. The van der Waals surface area contributed by atoms with E-state index in [9.17, 15) is 18.3 Å². The van der Waals surface area contributed by atoms with Crippen molar-refractivity contribution in [1.29, 1.82) is 0 Å². The van der Waals surface area contributed by atoms with Crippen LogP contribution in [0.5, 0.6) is 11.5 Å². The number of carbonyl (C=O) groups is 1. The first-order chi connectivity index (χ1) is 17.8. The summed E-state index contributed by atoms with van der Waals surface area (Å²) in [4.78, 5) is 12.7. The highest BCUT2D eigenvalue weighted by Gasteiger charge is 2.43. The van der Waals surface area contributed by atoms with Gasteiger partial charge in [0.05, 0.1) is 48.9 Å². The van der Waals surface area contributed by atoms with Gasteiger partial charge in [0.2, 0.25) is 22.7 Å². The zero-order chi connectivity index (χ0) is 26.0. The van der Waals surface area contributed by atoms with E-state index in [1.165, 1.54) is 16.4 Å². The zero-order valence-corrected chi connectivity index (χ0v) is 21.6. The van der Waals surface area contributed by atoms with Gasteiger partial charge in [0.15, 0.2) is 11.5 Å². The number of nitrogens with zero attached hydrogens (tertiary/aromatic N) is 1. The van der Waals surface area contributed by atoms with Gasteiger partial charge in [-0.3, -0.25) is 4.79 Å². The molecule has 0 spiro atoms. The van der Waals surface area contributed by atoms with Gasteiger partial charge in [0.25, 0.3) is 0 Å². The van der Waals surface area contributed by atoms with Crippen LogP contribution in [0.2, 0.25) is 5.02 Å². The van der Waals surface area contributed by atoms with E-state index in [1.807, 2.05) is 18.2 Å². The number of ether oxygens (including phenoxy) is 4. The van der Waals surface area contributed by atoms with Gasteiger partial charge in [0, 0.05) is 18.1 Å². The van der Waals surface area contributed by atoms with Crippen molar-refractivity contribution in [2.24, 2.45) is 0 Å². The predicted octanol–water partition coefficient (Wildman–Crippen LogP) is 2.07. The molecule has 3 aliphatic heterocycles. The van der Waals surface area contributed by atoms with E-state index in [0.717, 1.165) is 5.56 Å². The van der Waals surface area contributed by atoms with E-state index in [1.54, 1.807) is 12.1 Å². The Morgan fingerprint density at radius 2 is 1.95 bits per heavy atom. The van der Waals surface area contributed by atoms with Crippen molar-refractivity contribution in [3.63, 3.8) is 0 Å². The van der Waals surface area contributed by atoms with E-state index in [2.05, 4.69) is 5.32 Å². The third-order valence-electron chi connectivity index (χ3n) is 6.68. The Hall–Kier alpha value is -2.41. The largest absolute Gasteiger partial charge is 0.454 e. The predicted molar refractivity (Wildman–Crippen MR) is 133 cm³/mol. The topological polar surface area (TPSA) is 124 Å². The zero-order valence-electron chi connectivity index (χ0n) is 20.0. The van der Waals surface area contributed by atoms with Gasteiger partial charge in [-0.25, -0.2) is 8.42 Å². The summed E-state index contributed by atoms with van der Waals surface area (Å²) < 4.78 is 50.8. The first kappa shape index (κ1) is 26.2. The molecule has 200 valence electrons. The second-order valence-corrected chi connectivity index (χ2v) is 11.7. The Labute approximate surface area is 220 Å². The molecule has 3 aliphatic rings. The molecule has 4 atom stereocenters. The maximum absolute atomic E-state index is 13.5. The Kier molecular flexibility index (Phi) is 7.89. The van der Waals surface area contributed by atoms with Crippen molar-refractivity contribution in [2.75, 3.05) is 26.6 Å². The minimum absolute atomic E-state index is 0.0190. The van der Waals surface area contributed by atoms with E-state index in [0.29, 0.717) is 35.9 Å². The molecule has 2 aromatic rings. The Morgan fingerprint density at radius 1 is 1.11 bits per heavy atom. The van der Waals surface area contributed by atoms with Crippen LogP contribution in [0.4, 0.5) is 0 Å². The van der Waals surface area contributed by atoms with Crippen molar-refractivity contribution >= 4 is 27.5 Å². The lowest BCUT2D eigenvalue weighted by atomic mass is 9.96. The number of amides is 1. The smallest absolute Gasteiger partial charge is 0.243 e. The first-order valence-electron chi connectivity index (χ1n) is 12.1. The number of halogens is 1. The molecule has 12 heteroatoms. The summed E-state index contributed by atoms with van der Waals surface area (Å²) in [6.07, 6.45) is -0.868. The molecule has 2 aromatic carbocycles. The molecule has 37 heavy (non-hydrogen) atoms. The number of β-amino-alcohol motifs (C(OH)–C–C–N with tert-alkyl or cyclic N) is 1. The second kappa shape index (κ2) is 11.1. The average Bonchev–Trinajstić information content (AvgIpc) is 3.33. The third-order valence-corrected chi connectivity index (χ3v) is 8.80. The van der Waals surface area contributed by atoms with Gasteiger partial charge in [-0.1, -0.05) is 23.7 Å². The lowest BCUT2D eigenvalue weighted by molar-refractivity contribution is -0.146. The molecular weight excluding hydrogens is 524 g/mol. The molecule has 10 nitrogen and oxygen atoms in total. The standard InChI is InChI=1S/C25H29ClN2O8S/c26-17-2-1-3-20(9-17)37(31,32)28-12-18(29)13-33-14-24-21(28)6-5-19(36-24)10-25(30)27-11-16-4-7-22-23(8-16)35-15-34-22/h1-4,7-9,18-19,21,24,29H,5-6,10-15H2,(H,27,30)/t18-,19+,21-,24+/m0/s1. The minimum atomic E-state index is -3.96. The van der Waals surface area contributed by atoms with Crippen LogP contribution in [0.3, 0.4) is 0 Å². The molecule has 0 bridgehead atoms. The molecule has 0 radical (unpaired) electrons. The van der Waals surface area contributed by atoms with E-state index >= 15 is 0 Å². The van der Waals surface area contributed by atoms with Crippen molar-refractivity contribution in [2.45, 2.75) is 55.1 Å². The SMILES string of the molecule is O=C(C[C@H]1CC[C@H]2[C@@H](COC[C@@H](O)CN2S(=O)(=O)c2cccc(Cl)c2)O1)NCc1ccc2c(c1)OCO2. The van der Waals surface area contributed by atoms with Crippen LogP contribution in [0, 0.1) is 0 Å². The maximum atomic E-state index is 13.5. The number of aliphatic hydroxyl groups excluding tert-OH is 1. The number of hydrogen-bond donors (Lipinski definition) is 2. The van der Waals surface area contributed by atoms with E-state index < -0.39 is 28.3 Å². The van der Waals surface area contributed by atoms with Crippen LogP contribution < -0.4 is 14.8 Å². The van der Waals surface area contributed by atoms with Crippen LogP contribution in [-0.2, 0) is 30.8 Å². The van der Waals surface area contributed by atoms with Crippen LogP contribution in [0.25, 0.3) is 0 Å². The highest BCUT2D eigenvalue weighted by Crippen LogP contribution is 2.33. The maximum Gasteiger partial charge on any atom is 0.243 e. The average molecular weight is 553 g/mol. The molecule has 0 unspecified atom stereocenters. The fraction of sp³-hybridized carbons (Fsp3) is 0.480. The van der Waals surface area contributed by atoms with Crippen LogP contribution in [-0.4, -0.2) is 74.6 Å². The number of rotatable bonds is 6. The molecule has 5 rings (SSSR count). The van der Waals surface area contributed by atoms with E-state index in [4.69, 9.17) is 30.5 Å². The monoisotopic (exact) mass is 552 g/mol. The Morgan fingerprint density at radius 3 is 2.78 bits per heavy atom. The van der Waals surface area contributed by atoms with Gasteiger partial charge in [-0.2, -0.15) is 4.31 Å². The normalized spacial score (nSPS) is 26.1. The number of sulfonamides is 1. The molecule has 0 aliphatic carbocycles. The van der Waals surface area contributed by atoms with Crippen molar-refractivity contribution in [3.8, 4) is 11.5 Å². The van der Waals surface area contributed by atoms with Crippen LogP contribution in [0.15, 0.2) is 47.4 Å². The van der Waals surface area contributed by atoms with Crippen molar-refractivity contribution in [3.05, 3.63) is 53.1 Å². The number of aliphatic hydroxyl groups is 1. The van der Waals surface area contributed by atoms with Gasteiger partial charge in [-0.15, -0.1) is 0 Å². The fourth-order valence-electron chi connectivity index (χ4n) is 4.86. The minimum Gasteiger partial charge on any atom is -0.454 e. The number of hydrogen-bond acceptors (Lipinski definition) is 8. The number of nitrogens with one attached hydrogen (secondary N) is 1. The molecule has 2 saturated heterocycles. The number of carbonyl (C=O) groups excluding carboxylic acids is 1. The molecule has 2 fully saturated rings. The summed E-state index contributed by atoms with van der Waals surface area (Å²) in [6.45, 7) is 0.487. The molecule has 0 saturated carbocycles. The second-order valence-electron chi connectivity index (χ2n) is 9.33. The van der Waals surface area contributed by atoms with Gasteiger partial charge in [-0.05, 0) is 48.7 Å². The van der Waals surface area contributed by atoms with Crippen molar-refractivity contribution in [1.82, 2.24) is 9.62 Å². The quantitative estimate of drug-likeness (QED) is 0.558. The van der Waals surface area contributed by atoms with Gasteiger partial charge >= 0.3 is 0 Å². The van der Waals surface area contributed by atoms with Crippen LogP contribution >= 0.6 is 11.6 Å². The summed E-state index contributed by atoms with van der Waals surface area (Å²) in [5, 5.41) is 13.6.